The highest BCUT2D eigenvalue weighted by Gasteiger charge is 2.34. The zero-order valence-corrected chi connectivity index (χ0v) is 18.6. The second kappa shape index (κ2) is 10.6. The lowest BCUT2D eigenvalue weighted by Gasteiger charge is -2.31. The minimum absolute atomic E-state index is 0.0399. The summed E-state index contributed by atoms with van der Waals surface area (Å²) in [6.07, 6.45) is -1.23. The first kappa shape index (κ1) is 24.3. The van der Waals surface area contributed by atoms with Crippen molar-refractivity contribution < 1.29 is 31.9 Å². The molecule has 35 heavy (non-hydrogen) atoms. The van der Waals surface area contributed by atoms with Crippen LogP contribution < -0.4 is 16.0 Å². The molecule has 2 amide bonds. The fourth-order valence-electron chi connectivity index (χ4n) is 3.84. The van der Waals surface area contributed by atoms with E-state index in [2.05, 4.69) is 16.0 Å². The summed E-state index contributed by atoms with van der Waals surface area (Å²) in [4.78, 5) is 25.2. The van der Waals surface area contributed by atoms with Gasteiger partial charge in [-0.15, -0.1) is 0 Å². The first-order chi connectivity index (χ1) is 16.8. The van der Waals surface area contributed by atoms with Crippen LogP contribution in [0.1, 0.15) is 27.9 Å². The van der Waals surface area contributed by atoms with E-state index < -0.39 is 17.7 Å². The molecule has 0 spiro atoms. The van der Waals surface area contributed by atoms with E-state index in [4.69, 9.17) is 9.15 Å². The van der Waals surface area contributed by atoms with Crippen LogP contribution in [-0.2, 0) is 22.3 Å². The summed E-state index contributed by atoms with van der Waals surface area (Å²) < 4.78 is 50.0. The van der Waals surface area contributed by atoms with E-state index in [1.807, 2.05) is 0 Å². The largest absolute Gasteiger partial charge is 0.472 e. The molecule has 184 valence electrons. The van der Waals surface area contributed by atoms with Gasteiger partial charge in [0.15, 0.2) is 0 Å². The number of hydrogen-bond acceptors (Lipinski definition) is 5. The Morgan fingerprint density at radius 2 is 1.80 bits per heavy atom. The first-order valence-electron chi connectivity index (χ1n) is 11.0. The smallest absolute Gasteiger partial charge is 0.418 e. The molecule has 10 heteroatoms. The summed E-state index contributed by atoms with van der Waals surface area (Å²) >= 11 is 0. The molecule has 0 bridgehead atoms. The van der Waals surface area contributed by atoms with Gasteiger partial charge in [-0.25, -0.2) is 0 Å². The average Bonchev–Trinajstić information content (AvgIpc) is 3.39. The summed E-state index contributed by atoms with van der Waals surface area (Å²) in [5.74, 6) is -1.14. The minimum Gasteiger partial charge on any atom is -0.472 e. The second-order valence-electron chi connectivity index (χ2n) is 8.15. The fraction of sp³-hybridized carbons (Fsp3) is 0.280. The summed E-state index contributed by atoms with van der Waals surface area (Å²) in [5.41, 5.74) is 0.840. The molecule has 2 aromatic carbocycles. The minimum atomic E-state index is -4.47. The van der Waals surface area contributed by atoms with Crippen molar-refractivity contribution in [1.29, 1.82) is 0 Å². The van der Waals surface area contributed by atoms with Gasteiger partial charge in [-0.05, 0) is 42.3 Å². The van der Waals surface area contributed by atoms with Gasteiger partial charge in [0.2, 0.25) is 5.91 Å². The molecule has 1 aliphatic heterocycles. The molecule has 0 saturated carbocycles. The summed E-state index contributed by atoms with van der Waals surface area (Å²) in [5, 5.41) is 8.50. The highest BCUT2D eigenvalue weighted by atomic mass is 19.4. The Morgan fingerprint density at radius 3 is 2.51 bits per heavy atom. The lowest BCUT2D eigenvalue weighted by molar-refractivity contribution is -0.137. The van der Waals surface area contributed by atoms with Gasteiger partial charge in [0, 0.05) is 24.9 Å². The van der Waals surface area contributed by atoms with Gasteiger partial charge >= 0.3 is 6.18 Å². The Balaban J connectivity index is 1.34. The third-order valence-corrected chi connectivity index (χ3v) is 5.73. The van der Waals surface area contributed by atoms with E-state index in [0.29, 0.717) is 24.3 Å². The predicted molar refractivity (Wildman–Crippen MR) is 122 cm³/mol. The van der Waals surface area contributed by atoms with Crippen LogP contribution in [0, 0.1) is 5.92 Å². The number of nitrogens with one attached hydrogen (secondary N) is 3. The van der Waals surface area contributed by atoms with Crippen molar-refractivity contribution in [2.45, 2.75) is 25.2 Å². The van der Waals surface area contributed by atoms with Crippen molar-refractivity contribution >= 4 is 23.2 Å². The van der Waals surface area contributed by atoms with Crippen molar-refractivity contribution in [3.05, 3.63) is 83.8 Å². The van der Waals surface area contributed by atoms with E-state index >= 15 is 0 Å². The Labute approximate surface area is 199 Å². The molecular formula is C25H24F3N3O4. The number of anilines is 2. The lowest BCUT2D eigenvalue weighted by atomic mass is 9.94. The average molecular weight is 487 g/mol. The molecule has 1 aliphatic rings. The quantitative estimate of drug-likeness (QED) is 0.457. The number of halogens is 3. The van der Waals surface area contributed by atoms with Crippen LogP contribution in [0.4, 0.5) is 24.5 Å². The number of hydrogen-bond donors (Lipinski definition) is 3. The Hall–Kier alpha value is -3.79. The molecule has 1 aromatic heterocycles. The summed E-state index contributed by atoms with van der Waals surface area (Å²) in [6.45, 7) is 0.840. The van der Waals surface area contributed by atoms with E-state index in [9.17, 15) is 22.8 Å². The predicted octanol–water partition coefficient (Wildman–Crippen LogP) is 4.49. The number of amides is 2. The van der Waals surface area contributed by atoms with E-state index in [1.165, 1.54) is 30.7 Å². The number of furan rings is 1. The molecule has 4 rings (SSSR count). The number of benzene rings is 2. The second-order valence-corrected chi connectivity index (χ2v) is 8.15. The van der Waals surface area contributed by atoms with Crippen molar-refractivity contribution in [3.8, 4) is 0 Å². The van der Waals surface area contributed by atoms with Crippen molar-refractivity contribution in [3.63, 3.8) is 0 Å². The Kier molecular flexibility index (Phi) is 7.40. The van der Waals surface area contributed by atoms with Crippen molar-refractivity contribution in [1.82, 2.24) is 10.6 Å². The topological polar surface area (TPSA) is 92.6 Å². The Bertz CT molecular complexity index is 1150. The number of alkyl halides is 3. The maximum atomic E-state index is 13.2. The summed E-state index contributed by atoms with van der Waals surface area (Å²) in [6, 6.07) is 13.1. The Morgan fingerprint density at radius 1 is 1.03 bits per heavy atom. The monoisotopic (exact) mass is 487 g/mol. The van der Waals surface area contributed by atoms with Crippen LogP contribution in [0.25, 0.3) is 0 Å². The molecular weight excluding hydrogens is 463 g/mol. The fourth-order valence-corrected chi connectivity index (χ4v) is 3.84. The molecule has 0 radical (unpaired) electrons. The van der Waals surface area contributed by atoms with E-state index in [0.717, 1.165) is 11.6 Å². The third kappa shape index (κ3) is 6.21. The number of ether oxygens (including phenoxy) is 1. The number of rotatable bonds is 7. The molecule has 0 aliphatic carbocycles. The zero-order valence-electron chi connectivity index (χ0n) is 18.6. The summed E-state index contributed by atoms with van der Waals surface area (Å²) in [7, 11) is 0. The highest BCUT2D eigenvalue weighted by Crippen LogP contribution is 2.35. The van der Waals surface area contributed by atoms with Gasteiger partial charge in [0.05, 0.1) is 35.6 Å². The van der Waals surface area contributed by atoms with Gasteiger partial charge in [-0.2, -0.15) is 13.2 Å². The first-order valence-corrected chi connectivity index (χ1v) is 11.0. The maximum absolute atomic E-state index is 13.2. The van der Waals surface area contributed by atoms with E-state index in [-0.39, 0.29) is 36.7 Å². The standard InChI is InChI=1S/C25H24F3N3O4/c26-25(27,28)20-3-1-2-4-22(20)30-18-7-5-16(6-8-18)13-29-24(33)19-15-35-12-10-21(19)31-23(32)17-9-11-34-14-17/h1-9,11,14,19,21,30H,10,12-13,15H2,(H,29,33)(H,31,32)/t19-,21?/m1/s1. The van der Waals surface area contributed by atoms with Gasteiger partial charge in [0.1, 0.15) is 6.26 Å². The maximum Gasteiger partial charge on any atom is 0.418 e. The van der Waals surface area contributed by atoms with Gasteiger partial charge in [0.25, 0.3) is 5.91 Å². The molecule has 3 aromatic rings. The van der Waals surface area contributed by atoms with Crippen LogP contribution in [0.2, 0.25) is 0 Å². The lowest BCUT2D eigenvalue weighted by Crippen LogP contribution is -2.51. The third-order valence-electron chi connectivity index (χ3n) is 5.73. The highest BCUT2D eigenvalue weighted by molar-refractivity contribution is 5.94. The van der Waals surface area contributed by atoms with Crippen LogP contribution in [0.5, 0.6) is 0 Å². The van der Waals surface area contributed by atoms with Crippen LogP contribution >= 0.6 is 0 Å². The molecule has 1 unspecified atom stereocenters. The van der Waals surface area contributed by atoms with Crippen molar-refractivity contribution in [2.75, 3.05) is 18.5 Å². The molecule has 1 fully saturated rings. The molecule has 1 saturated heterocycles. The van der Waals surface area contributed by atoms with Crippen LogP contribution in [0.3, 0.4) is 0 Å². The van der Waals surface area contributed by atoms with Gasteiger partial charge in [-0.3, -0.25) is 9.59 Å². The van der Waals surface area contributed by atoms with E-state index in [1.54, 1.807) is 30.3 Å². The molecule has 2 atom stereocenters. The number of carbonyl (C=O) groups is 2. The molecule has 2 heterocycles. The molecule has 3 N–H and O–H groups in total. The number of para-hydroxylation sites is 1. The molecule has 7 nitrogen and oxygen atoms in total. The van der Waals surface area contributed by atoms with Gasteiger partial charge < -0.3 is 25.1 Å². The zero-order chi connectivity index (χ0) is 24.8. The van der Waals surface area contributed by atoms with Crippen molar-refractivity contribution in [2.24, 2.45) is 5.92 Å². The number of carbonyl (C=O) groups excluding carboxylic acids is 2. The SMILES string of the molecule is O=C(NC1CCOC[C@H]1C(=O)NCc1ccc(Nc2ccccc2C(F)(F)F)cc1)c1ccoc1. The van der Waals surface area contributed by atoms with Crippen LogP contribution in [-0.4, -0.2) is 31.1 Å². The normalized spacial score (nSPS) is 18.0. The van der Waals surface area contributed by atoms with Gasteiger partial charge in [-0.1, -0.05) is 24.3 Å². The van der Waals surface area contributed by atoms with Crippen LogP contribution in [0.15, 0.2) is 71.5 Å².